The first-order chi connectivity index (χ1) is 14.2. The van der Waals surface area contributed by atoms with Crippen LogP contribution in [-0.2, 0) is 16.0 Å². The summed E-state index contributed by atoms with van der Waals surface area (Å²) in [4.78, 5) is 16.4. The largest absolute Gasteiger partial charge is 0.488 e. The molecule has 1 heterocycles. The number of nitrogens with zero attached hydrogens (tertiary/aromatic N) is 1. The molecule has 0 fully saturated rings. The molecular weight excluding hydrogens is 375 g/mol. The van der Waals surface area contributed by atoms with Gasteiger partial charge in [0.05, 0.1) is 12.8 Å². The normalized spacial score (nSPS) is 10.7. The Balaban J connectivity index is 1.44. The van der Waals surface area contributed by atoms with E-state index in [0.29, 0.717) is 36.8 Å². The molecule has 0 atom stereocenters. The first-order valence-corrected chi connectivity index (χ1v) is 9.37. The van der Waals surface area contributed by atoms with E-state index in [0.717, 1.165) is 5.56 Å². The lowest BCUT2D eigenvalue weighted by Gasteiger charge is -2.09. The minimum Gasteiger partial charge on any atom is -0.488 e. The van der Waals surface area contributed by atoms with Gasteiger partial charge in [0.15, 0.2) is 23.2 Å². The molecule has 0 aliphatic rings. The van der Waals surface area contributed by atoms with Crippen molar-refractivity contribution >= 4 is 11.6 Å². The van der Waals surface area contributed by atoms with E-state index >= 15 is 0 Å². The minimum atomic E-state index is -0.535. The van der Waals surface area contributed by atoms with Gasteiger partial charge in [-0.25, -0.2) is 9.37 Å². The lowest BCUT2D eigenvalue weighted by molar-refractivity contribution is -0.116. The smallest absolute Gasteiger partial charge is 0.224 e. The fraction of sp³-hybridized carbons (Fsp3) is 0.273. The third-order valence-corrected chi connectivity index (χ3v) is 4.17. The first kappa shape index (κ1) is 20.5. The van der Waals surface area contributed by atoms with E-state index < -0.39 is 5.82 Å². The van der Waals surface area contributed by atoms with E-state index in [1.54, 1.807) is 19.4 Å². The minimum absolute atomic E-state index is 0.123. The number of rotatable bonds is 10. The van der Waals surface area contributed by atoms with Gasteiger partial charge in [0.2, 0.25) is 5.91 Å². The van der Waals surface area contributed by atoms with Gasteiger partial charge >= 0.3 is 0 Å². The third kappa shape index (κ3) is 6.15. The monoisotopic (exact) mass is 398 g/mol. The predicted octanol–water partition coefficient (Wildman–Crippen LogP) is 4.47. The van der Waals surface area contributed by atoms with Crippen molar-refractivity contribution in [1.82, 2.24) is 4.98 Å². The molecule has 1 N–H and O–H groups in total. The Morgan fingerprint density at radius 1 is 1.17 bits per heavy atom. The lowest BCUT2D eigenvalue weighted by atomic mass is 10.2. The Morgan fingerprint density at radius 2 is 2.00 bits per heavy atom. The molecule has 29 heavy (non-hydrogen) atoms. The molecule has 2 aromatic carbocycles. The van der Waals surface area contributed by atoms with Crippen molar-refractivity contribution < 1.29 is 23.1 Å². The number of amides is 1. The summed E-state index contributed by atoms with van der Waals surface area (Å²) >= 11 is 0. The van der Waals surface area contributed by atoms with Crippen LogP contribution in [0.15, 0.2) is 59.1 Å². The van der Waals surface area contributed by atoms with Gasteiger partial charge in [0.1, 0.15) is 6.61 Å². The van der Waals surface area contributed by atoms with Crippen molar-refractivity contribution in [3.63, 3.8) is 0 Å². The SMILES string of the molecule is COCCOc1ccc(NC(=O)CCCc2ncc(-c3ccccc3)o2)cc1F. The Morgan fingerprint density at radius 3 is 2.76 bits per heavy atom. The van der Waals surface area contributed by atoms with E-state index in [1.807, 2.05) is 30.3 Å². The molecule has 152 valence electrons. The number of halogens is 1. The molecule has 3 rings (SSSR count). The summed E-state index contributed by atoms with van der Waals surface area (Å²) in [5, 5.41) is 2.68. The van der Waals surface area contributed by atoms with Crippen molar-refractivity contribution in [3.05, 3.63) is 66.4 Å². The molecule has 0 radical (unpaired) electrons. The zero-order valence-corrected chi connectivity index (χ0v) is 16.2. The van der Waals surface area contributed by atoms with Crippen molar-refractivity contribution in [2.45, 2.75) is 19.3 Å². The number of nitrogens with one attached hydrogen (secondary N) is 1. The highest BCUT2D eigenvalue weighted by molar-refractivity contribution is 5.90. The second-order valence-corrected chi connectivity index (χ2v) is 6.37. The standard InChI is InChI=1S/C22H23FN2O4/c1-27-12-13-28-19-11-10-17(14-18(19)23)25-21(26)8-5-9-22-24-15-20(29-22)16-6-3-2-4-7-16/h2-4,6-7,10-11,14-15H,5,8-9,12-13H2,1H3,(H,25,26). The molecule has 3 aromatic rings. The van der Waals surface area contributed by atoms with E-state index in [9.17, 15) is 9.18 Å². The summed E-state index contributed by atoms with van der Waals surface area (Å²) in [5.41, 5.74) is 1.34. The predicted molar refractivity (Wildman–Crippen MR) is 107 cm³/mol. The lowest BCUT2D eigenvalue weighted by Crippen LogP contribution is -2.12. The summed E-state index contributed by atoms with van der Waals surface area (Å²) in [6.07, 6.45) is 3.07. The van der Waals surface area contributed by atoms with E-state index in [2.05, 4.69) is 10.3 Å². The number of hydrogen-bond donors (Lipinski definition) is 1. The topological polar surface area (TPSA) is 73.6 Å². The second-order valence-electron chi connectivity index (χ2n) is 6.37. The van der Waals surface area contributed by atoms with Gasteiger partial charge in [-0.1, -0.05) is 30.3 Å². The number of ether oxygens (including phenoxy) is 2. The highest BCUT2D eigenvalue weighted by atomic mass is 19.1. The maximum absolute atomic E-state index is 14.0. The molecule has 0 saturated carbocycles. The highest BCUT2D eigenvalue weighted by Gasteiger charge is 2.10. The molecule has 0 aliphatic heterocycles. The quantitative estimate of drug-likeness (QED) is 0.510. The molecule has 1 amide bonds. The Hall–Kier alpha value is -3.19. The van der Waals surface area contributed by atoms with Crippen molar-refractivity contribution in [2.24, 2.45) is 0 Å². The van der Waals surface area contributed by atoms with Crippen molar-refractivity contribution in [3.8, 4) is 17.1 Å². The number of aryl methyl sites for hydroxylation is 1. The number of oxazole rings is 1. The number of methoxy groups -OCH3 is 1. The van der Waals surface area contributed by atoms with Gasteiger partial charge in [-0.2, -0.15) is 0 Å². The molecule has 0 saturated heterocycles. The first-order valence-electron chi connectivity index (χ1n) is 9.37. The summed E-state index contributed by atoms with van der Waals surface area (Å²) in [6.45, 7) is 0.626. The fourth-order valence-corrected chi connectivity index (χ4v) is 2.72. The van der Waals surface area contributed by atoms with E-state index in [-0.39, 0.29) is 24.7 Å². The fourth-order valence-electron chi connectivity index (χ4n) is 2.72. The summed E-state index contributed by atoms with van der Waals surface area (Å²) in [7, 11) is 1.54. The van der Waals surface area contributed by atoms with Crippen LogP contribution in [0.4, 0.5) is 10.1 Å². The van der Waals surface area contributed by atoms with Crippen LogP contribution in [0.5, 0.6) is 5.75 Å². The molecule has 0 unspecified atom stereocenters. The number of hydrogen-bond acceptors (Lipinski definition) is 5. The summed E-state index contributed by atoms with van der Waals surface area (Å²) in [5.74, 6) is 0.672. The van der Waals surface area contributed by atoms with Gasteiger partial charge in [-0.15, -0.1) is 0 Å². The zero-order chi connectivity index (χ0) is 20.5. The third-order valence-electron chi connectivity index (χ3n) is 4.17. The number of benzene rings is 2. The highest BCUT2D eigenvalue weighted by Crippen LogP contribution is 2.22. The second kappa shape index (κ2) is 10.4. The zero-order valence-electron chi connectivity index (χ0n) is 16.2. The van der Waals surface area contributed by atoms with Crippen LogP contribution < -0.4 is 10.1 Å². The van der Waals surface area contributed by atoms with Crippen LogP contribution in [-0.4, -0.2) is 31.2 Å². The number of aromatic nitrogens is 1. The molecule has 6 nitrogen and oxygen atoms in total. The molecule has 0 aliphatic carbocycles. The van der Waals surface area contributed by atoms with Gasteiger partial charge in [0.25, 0.3) is 0 Å². The molecule has 1 aromatic heterocycles. The average molecular weight is 398 g/mol. The van der Waals surface area contributed by atoms with Crippen LogP contribution in [0, 0.1) is 5.82 Å². The van der Waals surface area contributed by atoms with Crippen LogP contribution in [0.2, 0.25) is 0 Å². The van der Waals surface area contributed by atoms with Gasteiger partial charge < -0.3 is 19.2 Å². The number of carbonyl (C=O) groups excluding carboxylic acids is 1. The Bertz CT molecular complexity index is 928. The van der Waals surface area contributed by atoms with Crippen LogP contribution in [0.1, 0.15) is 18.7 Å². The van der Waals surface area contributed by atoms with Gasteiger partial charge in [-0.3, -0.25) is 4.79 Å². The van der Waals surface area contributed by atoms with Gasteiger partial charge in [-0.05, 0) is 18.6 Å². The van der Waals surface area contributed by atoms with Crippen LogP contribution in [0.3, 0.4) is 0 Å². The van der Waals surface area contributed by atoms with Crippen molar-refractivity contribution in [2.75, 3.05) is 25.6 Å². The van der Waals surface area contributed by atoms with E-state index in [1.165, 1.54) is 12.1 Å². The molecule has 0 bridgehead atoms. The Labute approximate surface area is 168 Å². The summed E-state index contributed by atoms with van der Waals surface area (Å²) < 4.78 is 29.8. The molecule has 7 heteroatoms. The van der Waals surface area contributed by atoms with Crippen LogP contribution in [0.25, 0.3) is 11.3 Å². The molecular formula is C22H23FN2O4. The maximum atomic E-state index is 14.0. The molecule has 0 spiro atoms. The number of anilines is 1. The average Bonchev–Trinajstić information content (AvgIpc) is 3.19. The van der Waals surface area contributed by atoms with Gasteiger partial charge in [0, 0.05) is 37.3 Å². The Kier molecular flexibility index (Phi) is 7.35. The van der Waals surface area contributed by atoms with E-state index in [4.69, 9.17) is 13.9 Å². The van der Waals surface area contributed by atoms with Crippen LogP contribution >= 0.6 is 0 Å². The maximum Gasteiger partial charge on any atom is 0.224 e. The number of carbonyl (C=O) groups is 1. The van der Waals surface area contributed by atoms with Crippen molar-refractivity contribution in [1.29, 1.82) is 0 Å². The summed E-state index contributed by atoms with van der Waals surface area (Å²) in [6, 6.07) is 14.0.